The lowest BCUT2D eigenvalue weighted by Gasteiger charge is -2.37. The van der Waals surface area contributed by atoms with Gasteiger partial charge in [0, 0.05) is 6.20 Å². The van der Waals surface area contributed by atoms with E-state index in [1.54, 1.807) is 13.1 Å². The highest BCUT2D eigenvalue weighted by Gasteiger charge is 2.29. The smallest absolute Gasteiger partial charge is 0.328 e. The van der Waals surface area contributed by atoms with Crippen LogP contribution in [0.2, 0.25) is 0 Å². The number of methoxy groups -OCH3 is 1. The molecule has 7 nitrogen and oxygen atoms in total. The van der Waals surface area contributed by atoms with Gasteiger partial charge in [-0.25, -0.2) is 9.78 Å². The fourth-order valence-electron chi connectivity index (χ4n) is 2.74. The van der Waals surface area contributed by atoms with E-state index in [0.29, 0.717) is 12.4 Å². The summed E-state index contributed by atoms with van der Waals surface area (Å²) >= 11 is 5.47. The molecule has 0 aliphatic carbocycles. The fourth-order valence-corrected chi connectivity index (χ4v) is 2.98. The Hall–Kier alpha value is -2.74. The van der Waals surface area contributed by atoms with E-state index in [4.69, 9.17) is 17.0 Å². The summed E-state index contributed by atoms with van der Waals surface area (Å²) in [5.74, 6) is 1.01. The molecule has 0 radical (unpaired) electrons. The number of pyridine rings is 2. The molecule has 3 heterocycles. The van der Waals surface area contributed by atoms with Crippen LogP contribution in [0.1, 0.15) is 19.5 Å². The molecule has 3 rings (SSSR count). The third kappa shape index (κ3) is 3.75. The van der Waals surface area contributed by atoms with Crippen molar-refractivity contribution in [3.63, 3.8) is 0 Å². The highest BCUT2D eigenvalue weighted by atomic mass is 32.1. The minimum atomic E-state index is -0.496. The number of anilines is 3. The van der Waals surface area contributed by atoms with E-state index in [1.165, 1.54) is 7.11 Å². The van der Waals surface area contributed by atoms with Gasteiger partial charge in [0.05, 0.1) is 31.1 Å². The number of ether oxygens (including phenoxy) is 1. The van der Waals surface area contributed by atoms with Crippen molar-refractivity contribution >= 4 is 40.5 Å². The van der Waals surface area contributed by atoms with Gasteiger partial charge in [-0.15, -0.1) is 0 Å². The van der Waals surface area contributed by atoms with Gasteiger partial charge in [0.1, 0.15) is 16.8 Å². The molecule has 2 N–H and O–H groups in total. The van der Waals surface area contributed by atoms with Crippen LogP contribution in [-0.2, 0) is 16.1 Å². The van der Waals surface area contributed by atoms with Crippen molar-refractivity contribution in [1.82, 2.24) is 9.97 Å². The molecule has 0 spiro atoms. The SMILES string of the molecule is COC(=O)C(C)Nc1ccc2c(n1)N(Cc1ccccn1)C(C)C(=S)N2. The predicted octanol–water partition coefficient (Wildman–Crippen LogP) is 2.60. The van der Waals surface area contributed by atoms with Crippen LogP contribution in [0.3, 0.4) is 0 Å². The molecule has 1 aliphatic rings. The lowest BCUT2D eigenvalue weighted by atomic mass is 10.1. The average Bonchev–Trinajstić information content (AvgIpc) is 2.66. The molecule has 0 fully saturated rings. The Labute approximate surface area is 157 Å². The number of aromatic nitrogens is 2. The number of hydrogen-bond donors (Lipinski definition) is 2. The third-order valence-corrected chi connectivity index (χ3v) is 4.67. The quantitative estimate of drug-likeness (QED) is 0.613. The summed E-state index contributed by atoms with van der Waals surface area (Å²) < 4.78 is 4.75. The van der Waals surface area contributed by atoms with E-state index < -0.39 is 6.04 Å². The van der Waals surface area contributed by atoms with Gasteiger partial charge in [-0.3, -0.25) is 4.98 Å². The number of carbonyl (C=O) groups is 1. The van der Waals surface area contributed by atoms with Gasteiger partial charge < -0.3 is 20.3 Å². The van der Waals surface area contributed by atoms with Crippen LogP contribution in [0.5, 0.6) is 0 Å². The average molecular weight is 371 g/mol. The van der Waals surface area contributed by atoms with Crippen molar-refractivity contribution in [2.45, 2.75) is 32.5 Å². The standard InChI is InChI=1S/C18H21N5O2S/c1-11(18(24)25-3)20-15-8-7-14-16(22-15)23(12(2)17(26)21-14)10-13-6-4-5-9-19-13/h4-9,11-12H,10H2,1-3H3,(H,20,22)(H,21,26). The zero-order chi connectivity index (χ0) is 18.7. The second-order valence-electron chi connectivity index (χ2n) is 6.07. The summed E-state index contributed by atoms with van der Waals surface area (Å²) in [6.07, 6.45) is 1.77. The predicted molar refractivity (Wildman–Crippen MR) is 105 cm³/mol. The largest absolute Gasteiger partial charge is 0.467 e. The highest BCUT2D eigenvalue weighted by molar-refractivity contribution is 7.80. The number of carbonyl (C=O) groups excluding carboxylic acids is 1. The molecule has 2 unspecified atom stereocenters. The van der Waals surface area contributed by atoms with Gasteiger partial charge >= 0.3 is 5.97 Å². The zero-order valence-electron chi connectivity index (χ0n) is 14.9. The lowest BCUT2D eigenvalue weighted by Crippen LogP contribution is -2.45. The third-order valence-electron chi connectivity index (χ3n) is 4.23. The number of thiocarbonyl (C=S) groups is 1. The Kier molecular flexibility index (Phi) is 5.32. The topological polar surface area (TPSA) is 79.4 Å². The summed E-state index contributed by atoms with van der Waals surface area (Å²) in [6, 6.07) is 9.00. The second kappa shape index (κ2) is 7.65. The van der Waals surface area contributed by atoms with Gasteiger partial charge in [0.15, 0.2) is 5.82 Å². The van der Waals surface area contributed by atoms with E-state index in [9.17, 15) is 4.79 Å². The molecule has 1 aliphatic heterocycles. The highest BCUT2D eigenvalue weighted by Crippen LogP contribution is 2.33. The number of rotatable bonds is 5. The maximum atomic E-state index is 11.6. The van der Waals surface area contributed by atoms with Crippen molar-refractivity contribution in [1.29, 1.82) is 0 Å². The summed E-state index contributed by atoms with van der Waals surface area (Å²) in [4.78, 5) is 23.6. The van der Waals surface area contributed by atoms with Gasteiger partial charge in [-0.05, 0) is 38.1 Å². The maximum Gasteiger partial charge on any atom is 0.328 e. The molecule has 2 aromatic heterocycles. The lowest BCUT2D eigenvalue weighted by molar-refractivity contribution is -0.141. The van der Waals surface area contributed by atoms with E-state index in [-0.39, 0.29) is 12.0 Å². The van der Waals surface area contributed by atoms with E-state index in [1.807, 2.05) is 37.3 Å². The molecular weight excluding hydrogens is 350 g/mol. The summed E-state index contributed by atoms with van der Waals surface area (Å²) in [5, 5.41) is 6.29. The van der Waals surface area contributed by atoms with Gasteiger partial charge in [0.25, 0.3) is 0 Å². The van der Waals surface area contributed by atoms with Crippen molar-refractivity contribution in [2.24, 2.45) is 0 Å². The van der Waals surface area contributed by atoms with Crippen LogP contribution in [-0.4, -0.2) is 40.1 Å². The first-order valence-electron chi connectivity index (χ1n) is 8.32. The van der Waals surface area contributed by atoms with Gasteiger partial charge in [-0.2, -0.15) is 0 Å². The second-order valence-corrected chi connectivity index (χ2v) is 6.51. The first-order valence-corrected chi connectivity index (χ1v) is 8.73. The van der Waals surface area contributed by atoms with E-state index in [2.05, 4.69) is 25.5 Å². The summed E-state index contributed by atoms with van der Waals surface area (Å²) in [6.45, 7) is 4.34. The first kappa shape index (κ1) is 18.1. The molecule has 0 aromatic carbocycles. The Morgan fingerprint density at radius 3 is 2.92 bits per heavy atom. The molecular formula is C18H21N5O2S. The number of fused-ring (bicyclic) bond motifs is 1. The first-order chi connectivity index (χ1) is 12.5. The van der Waals surface area contributed by atoms with Gasteiger partial charge in [-0.1, -0.05) is 18.3 Å². The van der Waals surface area contributed by atoms with Crippen molar-refractivity contribution in [3.05, 3.63) is 42.2 Å². The number of hydrogen-bond acceptors (Lipinski definition) is 7. The van der Waals surface area contributed by atoms with Crippen LogP contribution in [0.4, 0.5) is 17.3 Å². The van der Waals surface area contributed by atoms with Crippen LogP contribution >= 0.6 is 12.2 Å². The zero-order valence-corrected chi connectivity index (χ0v) is 15.7. The Morgan fingerprint density at radius 2 is 2.23 bits per heavy atom. The summed E-state index contributed by atoms with van der Waals surface area (Å²) in [5.41, 5.74) is 1.76. The molecule has 26 heavy (non-hydrogen) atoms. The van der Waals surface area contributed by atoms with Gasteiger partial charge in [0.2, 0.25) is 0 Å². The van der Waals surface area contributed by atoms with Crippen LogP contribution < -0.4 is 15.5 Å². The molecule has 0 saturated carbocycles. The normalized spacial score (nSPS) is 17.1. The molecule has 8 heteroatoms. The number of esters is 1. The number of nitrogens with zero attached hydrogens (tertiary/aromatic N) is 3. The van der Waals surface area contributed by atoms with E-state index >= 15 is 0 Å². The van der Waals surface area contributed by atoms with E-state index in [0.717, 1.165) is 22.2 Å². The maximum absolute atomic E-state index is 11.6. The van der Waals surface area contributed by atoms with Crippen molar-refractivity contribution < 1.29 is 9.53 Å². The Bertz CT molecular complexity index is 814. The fraction of sp³-hybridized carbons (Fsp3) is 0.333. The summed E-state index contributed by atoms with van der Waals surface area (Å²) in [7, 11) is 1.36. The van der Waals surface area contributed by atoms with Crippen molar-refractivity contribution in [3.8, 4) is 0 Å². The molecule has 136 valence electrons. The minimum absolute atomic E-state index is 0.0275. The number of nitrogens with one attached hydrogen (secondary N) is 2. The molecule has 2 aromatic rings. The molecule has 0 bridgehead atoms. The Balaban J connectivity index is 1.91. The molecule has 0 amide bonds. The molecule has 0 saturated heterocycles. The molecule has 2 atom stereocenters. The van der Waals surface area contributed by atoms with Crippen molar-refractivity contribution in [2.75, 3.05) is 22.6 Å². The minimum Gasteiger partial charge on any atom is -0.467 e. The Morgan fingerprint density at radius 1 is 1.42 bits per heavy atom. The van der Waals surface area contributed by atoms with Crippen LogP contribution in [0, 0.1) is 0 Å². The van der Waals surface area contributed by atoms with Crippen LogP contribution in [0.15, 0.2) is 36.5 Å². The monoisotopic (exact) mass is 371 g/mol. The van der Waals surface area contributed by atoms with Crippen LogP contribution in [0.25, 0.3) is 0 Å².